The number of rotatable bonds is 4. The van der Waals surface area contributed by atoms with Gasteiger partial charge >= 0.3 is 0 Å². The topological polar surface area (TPSA) is 46.2 Å². The van der Waals surface area contributed by atoms with Gasteiger partial charge in [0.1, 0.15) is 0 Å². The van der Waals surface area contributed by atoms with Gasteiger partial charge in [0.25, 0.3) is 0 Å². The van der Waals surface area contributed by atoms with E-state index in [4.69, 9.17) is 22.4 Å². The molecule has 0 bridgehead atoms. The molecule has 0 fully saturated rings. The number of hydrogen-bond acceptors (Lipinski definition) is 3. The van der Waals surface area contributed by atoms with Crippen molar-refractivity contribution in [2.75, 3.05) is 12.4 Å². The third kappa shape index (κ3) is 3.88. The van der Waals surface area contributed by atoms with Crippen LogP contribution in [0, 0.1) is 0 Å². The minimum Gasteiger partial charge on any atom is -0.394 e. The Morgan fingerprint density at radius 1 is 1.57 bits per heavy atom. The van der Waals surface area contributed by atoms with Gasteiger partial charge in [-0.3, -0.25) is 0 Å². The Hall–Kier alpha value is -0.220. The highest BCUT2D eigenvalue weighted by atomic mass is 35.5. The van der Waals surface area contributed by atoms with Gasteiger partial charge in [0.05, 0.1) is 6.61 Å². The Kier molecular flexibility index (Phi) is 4.26. The van der Waals surface area contributed by atoms with E-state index in [9.17, 15) is 0 Å². The average Bonchev–Trinajstić information content (AvgIpc) is 2.15. The molecule has 1 aromatic carbocycles. The number of aliphatic hydroxyl groups excluding tert-OH is 1. The van der Waals surface area contributed by atoms with Crippen LogP contribution in [0.3, 0.4) is 0 Å². The van der Waals surface area contributed by atoms with Crippen molar-refractivity contribution < 1.29 is 5.11 Å². The average molecular weight is 232 g/mol. The highest BCUT2D eigenvalue weighted by molar-refractivity contribution is 7.99. The van der Waals surface area contributed by atoms with Crippen molar-refractivity contribution in [3.63, 3.8) is 0 Å². The third-order valence-electron chi connectivity index (χ3n) is 1.73. The Morgan fingerprint density at radius 3 is 2.86 bits per heavy atom. The van der Waals surface area contributed by atoms with Gasteiger partial charge in [0, 0.05) is 21.2 Å². The van der Waals surface area contributed by atoms with Crippen LogP contribution in [0.4, 0.5) is 0 Å². The SMILES string of the molecule is CC(N)(CO)CSc1cccc(Cl)c1. The lowest BCUT2D eigenvalue weighted by Gasteiger charge is -2.20. The van der Waals surface area contributed by atoms with Crippen LogP contribution in [0.5, 0.6) is 0 Å². The number of hydrogen-bond donors (Lipinski definition) is 2. The quantitative estimate of drug-likeness (QED) is 0.781. The van der Waals surface area contributed by atoms with Gasteiger partial charge in [0.2, 0.25) is 0 Å². The van der Waals surface area contributed by atoms with Gasteiger partial charge < -0.3 is 10.8 Å². The van der Waals surface area contributed by atoms with E-state index >= 15 is 0 Å². The van der Waals surface area contributed by atoms with Crippen molar-refractivity contribution in [1.29, 1.82) is 0 Å². The minimum atomic E-state index is -0.535. The zero-order valence-electron chi connectivity index (χ0n) is 8.03. The van der Waals surface area contributed by atoms with E-state index in [0.717, 1.165) is 9.92 Å². The maximum atomic E-state index is 8.96. The second-order valence-electron chi connectivity index (χ2n) is 3.56. The molecule has 0 saturated heterocycles. The molecule has 0 radical (unpaired) electrons. The smallest absolute Gasteiger partial charge is 0.0616 e. The molecule has 0 aliphatic carbocycles. The highest BCUT2D eigenvalue weighted by Crippen LogP contribution is 2.23. The number of benzene rings is 1. The lowest BCUT2D eigenvalue weighted by atomic mass is 10.1. The first-order valence-electron chi connectivity index (χ1n) is 4.32. The van der Waals surface area contributed by atoms with Gasteiger partial charge in [-0.2, -0.15) is 0 Å². The summed E-state index contributed by atoms with van der Waals surface area (Å²) in [6.45, 7) is 1.81. The van der Waals surface area contributed by atoms with Gasteiger partial charge in [-0.1, -0.05) is 17.7 Å². The standard InChI is InChI=1S/C10H14ClNOS/c1-10(12,6-13)7-14-9-4-2-3-8(11)5-9/h2-5,13H,6-7,12H2,1H3. The fourth-order valence-corrected chi connectivity index (χ4v) is 2.08. The van der Waals surface area contributed by atoms with Crippen LogP contribution in [0.1, 0.15) is 6.92 Å². The highest BCUT2D eigenvalue weighted by Gasteiger charge is 2.16. The molecule has 0 spiro atoms. The maximum Gasteiger partial charge on any atom is 0.0616 e. The molecular weight excluding hydrogens is 218 g/mol. The van der Waals surface area contributed by atoms with E-state index < -0.39 is 5.54 Å². The molecule has 3 N–H and O–H groups in total. The summed E-state index contributed by atoms with van der Waals surface area (Å²) in [5.74, 6) is 0.670. The number of aliphatic hydroxyl groups is 1. The van der Waals surface area contributed by atoms with E-state index in [-0.39, 0.29) is 6.61 Å². The first-order valence-corrected chi connectivity index (χ1v) is 5.68. The number of halogens is 1. The van der Waals surface area contributed by atoms with Crippen LogP contribution in [0.25, 0.3) is 0 Å². The zero-order chi connectivity index (χ0) is 10.6. The van der Waals surface area contributed by atoms with Crippen molar-refractivity contribution in [2.24, 2.45) is 5.73 Å². The predicted molar refractivity (Wildman–Crippen MR) is 61.9 cm³/mol. The Balaban J connectivity index is 2.54. The number of thioether (sulfide) groups is 1. The van der Waals surface area contributed by atoms with E-state index in [1.807, 2.05) is 31.2 Å². The molecule has 1 atom stereocenters. The van der Waals surface area contributed by atoms with Crippen LogP contribution in [0.2, 0.25) is 5.02 Å². The summed E-state index contributed by atoms with van der Waals surface area (Å²) >= 11 is 7.43. The molecule has 1 aromatic rings. The van der Waals surface area contributed by atoms with Gasteiger partial charge in [-0.15, -0.1) is 11.8 Å². The summed E-state index contributed by atoms with van der Waals surface area (Å²) in [6, 6.07) is 7.60. The molecule has 1 unspecified atom stereocenters. The zero-order valence-corrected chi connectivity index (χ0v) is 9.61. The molecule has 0 heterocycles. The minimum absolute atomic E-state index is 0.0133. The van der Waals surface area contributed by atoms with Crippen LogP contribution in [-0.4, -0.2) is 23.0 Å². The lowest BCUT2D eigenvalue weighted by Crippen LogP contribution is -2.42. The molecule has 1 rings (SSSR count). The van der Waals surface area contributed by atoms with Crippen molar-refractivity contribution >= 4 is 23.4 Å². The summed E-state index contributed by atoms with van der Waals surface area (Å²) in [4.78, 5) is 1.07. The Morgan fingerprint density at radius 2 is 2.29 bits per heavy atom. The molecule has 2 nitrogen and oxygen atoms in total. The van der Waals surface area contributed by atoms with Gasteiger partial charge in [-0.05, 0) is 25.1 Å². The summed E-state index contributed by atoms with van der Waals surface area (Å²) in [7, 11) is 0. The molecule has 0 aliphatic rings. The fourth-order valence-electron chi connectivity index (χ4n) is 0.851. The Labute approximate surface area is 93.5 Å². The molecule has 78 valence electrons. The first-order chi connectivity index (χ1) is 6.53. The monoisotopic (exact) mass is 231 g/mol. The van der Waals surface area contributed by atoms with Crippen molar-refractivity contribution in [1.82, 2.24) is 0 Å². The second kappa shape index (κ2) is 5.03. The van der Waals surface area contributed by atoms with Gasteiger partial charge in [0.15, 0.2) is 0 Å². The predicted octanol–water partition coefficient (Wildman–Crippen LogP) is 2.14. The van der Waals surface area contributed by atoms with E-state index in [1.165, 1.54) is 0 Å². The van der Waals surface area contributed by atoms with Gasteiger partial charge in [-0.25, -0.2) is 0 Å². The molecular formula is C10H14ClNOS. The third-order valence-corrected chi connectivity index (χ3v) is 3.35. The summed E-state index contributed by atoms with van der Waals surface area (Å²) in [6.07, 6.45) is 0. The molecule has 4 heteroatoms. The van der Waals surface area contributed by atoms with Crippen molar-refractivity contribution in [3.8, 4) is 0 Å². The fraction of sp³-hybridized carbons (Fsp3) is 0.400. The maximum absolute atomic E-state index is 8.96. The van der Waals surface area contributed by atoms with E-state index in [2.05, 4.69) is 0 Å². The van der Waals surface area contributed by atoms with Crippen molar-refractivity contribution in [3.05, 3.63) is 29.3 Å². The van der Waals surface area contributed by atoms with Crippen LogP contribution >= 0.6 is 23.4 Å². The van der Waals surface area contributed by atoms with Crippen LogP contribution < -0.4 is 5.73 Å². The van der Waals surface area contributed by atoms with E-state index in [1.54, 1.807) is 11.8 Å². The van der Waals surface area contributed by atoms with Crippen LogP contribution in [-0.2, 0) is 0 Å². The molecule has 0 aromatic heterocycles. The van der Waals surface area contributed by atoms with Crippen molar-refractivity contribution in [2.45, 2.75) is 17.4 Å². The first kappa shape index (κ1) is 11.9. The lowest BCUT2D eigenvalue weighted by molar-refractivity contribution is 0.224. The Bertz CT molecular complexity index is 304. The molecule has 14 heavy (non-hydrogen) atoms. The largest absolute Gasteiger partial charge is 0.394 e. The van der Waals surface area contributed by atoms with E-state index in [0.29, 0.717) is 5.75 Å². The van der Waals surface area contributed by atoms with Crippen LogP contribution in [0.15, 0.2) is 29.2 Å². The second-order valence-corrected chi connectivity index (χ2v) is 5.04. The molecule has 0 amide bonds. The number of nitrogens with two attached hydrogens (primary N) is 1. The molecule has 0 saturated carbocycles. The molecule has 0 aliphatic heterocycles. The summed E-state index contributed by atoms with van der Waals surface area (Å²) < 4.78 is 0. The summed E-state index contributed by atoms with van der Waals surface area (Å²) in [5, 5.41) is 9.68. The normalized spacial score (nSPS) is 15.1. The summed E-state index contributed by atoms with van der Waals surface area (Å²) in [5.41, 5.74) is 5.26.